The van der Waals surface area contributed by atoms with E-state index in [1.165, 1.54) is 12.0 Å². The van der Waals surface area contributed by atoms with Gasteiger partial charge in [-0.1, -0.05) is 17.7 Å². The maximum Gasteiger partial charge on any atom is 0.224 e. The molecule has 1 spiro atoms. The van der Waals surface area contributed by atoms with Crippen LogP contribution in [0.15, 0.2) is 36.2 Å². The Bertz CT molecular complexity index is 701. The van der Waals surface area contributed by atoms with Gasteiger partial charge in [0.1, 0.15) is 0 Å². The van der Waals surface area contributed by atoms with Gasteiger partial charge in [0, 0.05) is 50.4 Å². The number of pyridine rings is 1. The standard InChI is InChI=1S/C22H31N3O2/c1-16(2)5-4-10-25-14-19-18(20-7-8-22(19,15-25)27-20)13-24-21(26)11-17-6-3-9-23-12-17/h3,5-6,9,12,18-20H,4,7-8,10-11,13-15H2,1-2H3,(H,24,26)/t18-,19+,20+,22+/m0/s1. The van der Waals surface area contributed by atoms with Crippen LogP contribution in [0, 0.1) is 11.8 Å². The highest BCUT2D eigenvalue weighted by Gasteiger charge is 2.62. The second-order valence-corrected chi connectivity index (χ2v) is 8.68. The highest BCUT2D eigenvalue weighted by Crippen LogP contribution is 2.54. The van der Waals surface area contributed by atoms with E-state index in [9.17, 15) is 4.79 Å². The Hall–Kier alpha value is -1.72. The van der Waals surface area contributed by atoms with E-state index < -0.39 is 0 Å². The van der Waals surface area contributed by atoms with Gasteiger partial charge in [-0.25, -0.2) is 0 Å². The molecular weight excluding hydrogens is 338 g/mol. The van der Waals surface area contributed by atoms with E-state index in [0.717, 1.165) is 44.6 Å². The van der Waals surface area contributed by atoms with Gasteiger partial charge in [-0.2, -0.15) is 0 Å². The normalized spacial score (nSPS) is 31.7. The third kappa shape index (κ3) is 3.94. The monoisotopic (exact) mass is 369 g/mol. The predicted molar refractivity (Wildman–Crippen MR) is 105 cm³/mol. The number of rotatable bonds is 7. The first-order valence-corrected chi connectivity index (χ1v) is 10.2. The quantitative estimate of drug-likeness (QED) is 0.751. The summed E-state index contributed by atoms with van der Waals surface area (Å²) in [6, 6.07) is 3.82. The zero-order valence-corrected chi connectivity index (χ0v) is 16.5. The molecule has 146 valence electrons. The van der Waals surface area contributed by atoms with Crippen molar-refractivity contribution in [2.24, 2.45) is 11.8 Å². The van der Waals surface area contributed by atoms with E-state index in [0.29, 0.717) is 24.4 Å². The van der Waals surface area contributed by atoms with Crippen LogP contribution < -0.4 is 5.32 Å². The van der Waals surface area contributed by atoms with Crippen LogP contribution in [0.25, 0.3) is 0 Å². The minimum Gasteiger partial charge on any atom is -0.370 e. The lowest BCUT2D eigenvalue weighted by Gasteiger charge is -2.29. The lowest BCUT2D eigenvalue weighted by Crippen LogP contribution is -2.42. The Morgan fingerprint density at radius 2 is 2.37 bits per heavy atom. The molecule has 5 nitrogen and oxygen atoms in total. The van der Waals surface area contributed by atoms with Crippen molar-refractivity contribution in [2.75, 3.05) is 26.2 Å². The molecule has 0 radical (unpaired) electrons. The van der Waals surface area contributed by atoms with E-state index in [2.05, 4.69) is 35.1 Å². The van der Waals surface area contributed by atoms with Crippen LogP contribution in [0.2, 0.25) is 0 Å². The number of hydrogen-bond donors (Lipinski definition) is 1. The number of nitrogens with one attached hydrogen (secondary N) is 1. The summed E-state index contributed by atoms with van der Waals surface area (Å²) in [5, 5.41) is 3.17. The molecule has 4 rings (SSSR count). The van der Waals surface area contributed by atoms with Crippen LogP contribution in [-0.4, -0.2) is 53.7 Å². The smallest absolute Gasteiger partial charge is 0.224 e. The van der Waals surface area contributed by atoms with Crippen LogP contribution in [0.1, 0.15) is 38.7 Å². The number of carbonyl (C=O) groups is 1. The largest absolute Gasteiger partial charge is 0.370 e. The molecule has 0 aliphatic carbocycles. The summed E-state index contributed by atoms with van der Waals surface area (Å²) in [5.41, 5.74) is 2.40. The molecule has 5 heteroatoms. The molecule has 3 saturated heterocycles. The Balaban J connectivity index is 1.31. The number of carbonyl (C=O) groups excluding carboxylic acids is 1. The number of hydrogen-bond acceptors (Lipinski definition) is 4. The summed E-state index contributed by atoms with van der Waals surface area (Å²) in [6.07, 6.45) is 9.97. The topological polar surface area (TPSA) is 54.5 Å². The van der Waals surface area contributed by atoms with Crippen molar-refractivity contribution >= 4 is 5.91 Å². The van der Waals surface area contributed by atoms with Crippen LogP contribution in [0.4, 0.5) is 0 Å². The minimum atomic E-state index is 0.0500. The second kappa shape index (κ2) is 7.72. The molecule has 2 bridgehead atoms. The van der Waals surface area contributed by atoms with Crippen molar-refractivity contribution in [1.29, 1.82) is 0 Å². The highest BCUT2D eigenvalue weighted by atomic mass is 16.5. The minimum absolute atomic E-state index is 0.0500. The Morgan fingerprint density at radius 1 is 1.48 bits per heavy atom. The van der Waals surface area contributed by atoms with E-state index in [1.54, 1.807) is 12.4 Å². The SMILES string of the molecule is CC(C)=CCCN1C[C@@H]2[C@H](CNC(=O)Cc3cccnc3)[C@H]3CC[C@]2(C1)O3. The fraction of sp³-hybridized carbons (Fsp3) is 0.636. The maximum absolute atomic E-state index is 12.3. The van der Waals surface area contributed by atoms with Crippen LogP contribution in [0.3, 0.4) is 0 Å². The first kappa shape index (κ1) is 18.6. The van der Waals surface area contributed by atoms with Gasteiger partial charge in [0.2, 0.25) is 5.91 Å². The molecule has 3 fully saturated rings. The predicted octanol–water partition coefficient (Wildman–Crippen LogP) is 2.58. The van der Waals surface area contributed by atoms with Gasteiger partial charge in [-0.05, 0) is 44.7 Å². The molecule has 3 aliphatic heterocycles. The van der Waals surface area contributed by atoms with E-state index >= 15 is 0 Å². The number of amides is 1. The van der Waals surface area contributed by atoms with Crippen molar-refractivity contribution in [1.82, 2.24) is 15.2 Å². The molecule has 1 aromatic heterocycles. The summed E-state index contributed by atoms with van der Waals surface area (Å²) >= 11 is 0. The fourth-order valence-corrected chi connectivity index (χ4v) is 5.25. The Labute approximate surface area is 162 Å². The van der Waals surface area contributed by atoms with Gasteiger partial charge >= 0.3 is 0 Å². The van der Waals surface area contributed by atoms with Crippen molar-refractivity contribution in [3.8, 4) is 0 Å². The number of nitrogens with zero attached hydrogens (tertiary/aromatic N) is 2. The molecule has 1 aromatic rings. The van der Waals surface area contributed by atoms with Gasteiger partial charge in [0.05, 0.1) is 18.1 Å². The molecule has 0 unspecified atom stereocenters. The van der Waals surface area contributed by atoms with Gasteiger partial charge in [0.25, 0.3) is 0 Å². The summed E-state index contributed by atoms with van der Waals surface area (Å²) in [5.74, 6) is 1.09. The highest BCUT2D eigenvalue weighted by molar-refractivity contribution is 5.78. The van der Waals surface area contributed by atoms with Crippen LogP contribution >= 0.6 is 0 Å². The van der Waals surface area contributed by atoms with Crippen LogP contribution in [-0.2, 0) is 16.0 Å². The maximum atomic E-state index is 12.3. The first-order chi connectivity index (χ1) is 13.1. The van der Waals surface area contributed by atoms with E-state index in [4.69, 9.17) is 4.74 Å². The van der Waals surface area contributed by atoms with Gasteiger partial charge in [-0.3, -0.25) is 14.7 Å². The molecule has 1 N–H and O–H groups in total. The molecule has 27 heavy (non-hydrogen) atoms. The lowest BCUT2D eigenvalue weighted by atomic mass is 9.73. The molecule has 4 atom stereocenters. The number of allylic oxidation sites excluding steroid dienone is 1. The molecule has 4 heterocycles. The van der Waals surface area contributed by atoms with Crippen molar-refractivity contribution in [2.45, 2.75) is 51.2 Å². The number of ether oxygens (including phenoxy) is 1. The third-order valence-electron chi connectivity index (χ3n) is 6.47. The molecule has 3 aliphatic rings. The van der Waals surface area contributed by atoms with E-state index in [1.807, 2.05) is 12.1 Å². The van der Waals surface area contributed by atoms with E-state index in [-0.39, 0.29) is 11.5 Å². The van der Waals surface area contributed by atoms with Crippen molar-refractivity contribution < 1.29 is 9.53 Å². The number of aromatic nitrogens is 1. The molecule has 1 amide bonds. The summed E-state index contributed by atoms with van der Waals surface area (Å²) < 4.78 is 6.49. The first-order valence-electron chi connectivity index (χ1n) is 10.2. The fourth-order valence-electron chi connectivity index (χ4n) is 5.25. The third-order valence-corrected chi connectivity index (χ3v) is 6.47. The lowest BCUT2D eigenvalue weighted by molar-refractivity contribution is -0.120. The molecule has 0 saturated carbocycles. The summed E-state index contributed by atoms with van der Waals surface area (Å²) in [4.78, 5) is 19.0. The van der Waals surface area contributed by atoms with Gasteiger partial charge in [0.15, 0.2) is 0 Å². The van der Waals surface area contributed by atoms with Crippen LogP contribution in [0.5, 0.6) is 0 Å². The average Bonchev–Trinajstić information content (AvgIpc) is 3.28. The Kier molecular flexibility index (Phi) is 5.33. The summed E-state index contributed by atoms with van der Waals surface area (Å²) in [7, 11) is 0. The Morgan fingerprint density at radius 3 is 3.15 bits per heavy atom. The second-order valence-electron chi connectivity index (χ2n) is 8.68. The molecule has 0 aromatic carbocycles. The van der Waals surface area contributed by atoms with Gasteiger partial charge < -0.3 is 10.1 Å². The van der Waals surface area contributed by atoms with Crippen molar-refractivity contribution in [3.63, 3.8) is 0 Å². The van der Waals surface area contributed by atoms with Gasteiger partial charge in [-0.15, -0.1) is 0 Å². The average molecular weight is 370 g/mol. The molecular formula is C22H31N3O2. The number of fused-ring (bicyclic) bond motifs is 1. The zero-order valence-electron chi connectivity index (χ0n) is 16.5. The number of likely N-dealkylation sites (tertiary alicyclic amines) is 1. The zero-order chi connectivity index (χ0) is 18.9. The van der Waals surface area contributed by atoms with Crippen molar-refractivity contribution in [3.05, 3.63) is 41.7 Å². The summed E-state index contributed by atoms with van der Waals surface area (Å²) in [6.45, 7) is 8.33.